The molecule has 0 aliphatic carbocycles. The number of nitrogens with two attached hydrogens (primary N) is 1. The first-order valence-corrected chi connectivity index (χ1v) is 5.45. The van der Waals surface area contributed by atoms with Crippen LogP contribution < -0.4 is 5.73 Å². The third-order valence-corrected chi connectivity index (χ3v) is 2.19. The van der Waals surface area contributed by atoms with Gasteiger partial charge < -0.3 is 15.2 Å². The summed E-state index contributed by atoms with van der Waals surface area (Å²) < 4.78 is 9.82. The lowest BCUT2D eigenvalue weighted by atomic mass is 10.4. The second-order valence-corrected chi connectivity index (χ2v) is 3.32. The number of hydrogen-bond acceptors (Lipinski definition) is 5. The SMILES string of the molecule is CCOCSCC(N)C(=O)OCC. The molecule has 0 aromatic carbocycles. The van der Waals surface area contributed by atoms with E-state index in [4.69, 9.17) is 15.2 Å². The average Bonchev–Trinajstić information content (AvgIpc) is 2.12. The van der Waals surface area contributed by atoms with E-state index in [1.54, 1.807) is 6.92 Å². The highest BCUT2D eigenvalue weighted by molar-refractivity contribution is 7.99. The molecule has 0 fully saturated rings. The average molecular weight is 207 g/mol. The zero-order valence-corrected chi connectivity index (χ0v) is 8.93. The number of carbonyl (C=O) groups is 1. The first kappa shape index (κ1) is 12.7. The van der Waals surface area contributed by atoms with Gasteiger partial charge in [0.2, 0.25) is 0 Å². The Morgan fingerprint density at radius 1 is 1.46 bits per heavy atom. The number of rotatable bonds is 7. The number of ether oxygens (including phenoxy) is 2. The molecule has 0 radical (unpaired) electrons. The maximum atomic E-state index is 11.0. The standard InChI is InChI=1S/C8H17NO3S/c1-3-11-6-13-5-7(9)8(10)12-4-2/h7H,3-6,9H2,1-2H3. The monoisotopic (exact) mass is 207 g/mol. The molecular weight excluding hydrogens is 190 g/mol. The molecule has 1 unspecified atom stereocenters. The van der Waals surface area contributed by atoms with Crippen molar-refractivity contribution in [3.63, 3.8) is 0 Å². The van der Waals surface area contributed by atoms with Gasteiger partial charge >= 0.3 is 5.97 Å². The van der Waals surface area contributed by atoms with Gasteiger partial charge in [-0.05, 0) is 13.8 Å². The molecule has 5 heteroatoms. The van der Waals surface area contributed by atoms with Crippen molar-refractivity contribution in [2.24, 2.45) is 5.73 Å². The van der Waals surface area contributed by atoms with Crippen molar-refractivity contribution < 1.29 is 14.3 Å². The van der Waals surface area contributed by atoms with E-state index in [-0.39, 0.29) is 5.97 Å². The number of hydrogen-bond donors (Lipinski definition) is 1. The minimum Gasteiger partial charge on any atom is -0.465 e. The fourth-order valence-corrected chi connectivity index (χ4v) is 1.41. The van der Waals surface area contributed by atoms with Gasteiger partial charge in [0.1, 0.15) is 6.04 Å². The van der Waals surface area contributed by atoms with Crippen LogP contribution in [0.15, 0.2) is 0 Å². The van der Waals surface area contributed by atoms with Crippen molar-refractivity contribution in [1.82, 2.24) is 0 Å². The first-order chi connectivity index (χ1) is 6.22. The molecule has 2 N–H and O–H groups in total. The zero-order valence-electron chi connectivity index (χ0n) is 8.12. The van der Waals surface area contributed by atoms with Crippen molar-refractivity contribution in [2.45, 2.75) is 19.9 Å². The van der Waals surface area contributed by atoms with Crippen LogP contribution in [-0.4, -0.2) is 36.9 Å². The molecular formula is C8H17NO3S. The molecule has 0 saturated heterocycles. The van der Waals surface area contributed by atoms with E-state index in [9.17, 15) is 4.79 Å². The van der Waals surface area contributed by atoms with Gasteiger partial charge in [0.05, 0.1) is 12.5 Å². The van der Waals surface area contributed by atoms with Gasteiger partial charge in [-0.15, -0.1) is 11.8 Å². The molecule has 4 nitrogen and oxygen atoms in total. The van der Waals surface area contributed by atoms with Crippen LogP contribution in [0.5, 0.6) is 0 Å². The number of carbonyl (C=O) groups excluding carboxylic acids is 1. The Morgan fingerprint density at radius 3 is 2.69 bits per heavy atom. The van der Waals surface area contributed by atoms with Gasteiger partial charge in [-0.2, -0.15) is 0 Å². The molecule has 0 bridgehead atoms. The quantitative estimate of drug-likeness (QED) is 0.376. The molecule has 0 aromatic rings. The second kappa shape index (κ2) is 8.34. The Balaban J connectivity index is 3.38. The van der Waals surface area contributed by atoms with Crippen LogP contribution in [-0.2, 0) is 14.3 Å². The molecule has 13 heavy (non-hydrogen) atoms. The number of esters is 1. The molecule has 0 spiro atoms. The Labute approximate surface area is 83.1 Å². The summed E-state index contributed by atoms with van der Waals surface area (Å²) in [6.07, 6.45) is 0. The lowest BCUT2D eigenvalue weighted by molar-refractivity contribution is -0.144. The Hall–Kier alpha value is -0.260. The van der Waals surface area contributed by atoms with Crippen LogP contribution in [0, 0.1) is 0 Å². The molecule has 0 aliphatic heterocycles. The molecule has 0 aliphatic rings. The lowest BCUT2D eigenvalue weighted by Crippen LogP contribution is -2.34. The van der Waals surface area contributed by atoms with Crippen molar-refractivity contribution in [2.75, 3.05) is 24.9 Å². The van der Waals surface area contributed by atoms with Crippen LogP contribution in [0.2, 0.25) is 0 Å². The fourth-order valence-electron chi connectivity index (χ4n) is 0.635. The second-order valence-electron chi connectivity index (χ2n) is 2.34. The topological polar surface area (TPSA) is 61.5 Å². The highest BCUT2D eigenvalue weighted by Crippen LogP contribution is 2.03. The third kappa shape index (κ3) is 6.86. The summed E-state index contributed by atoms with van der Waals surface area (Å²) >= 11 is 1.49. The Bertz CT molecular complexity index is 143. The first-order valence-electron chi connectivity index (χ1n) is 4.30. The summed E-state index contributed by atoms with van der Waals surface area (Å²) in [5.41, 5.74) is 5.53. The fraction of sp³-hybridized carbons (Fsp3) is 0.875. The van der Waals surface area contributed by atoms with Crippen LogP contribution in [0.3, 0.4) is 0 Å². The van der Waals surface area contributed by atoms with Crippen molar-refractivity contribution in [3.8, 4) is 0 Å². The largest absolute Gasteiger partial charge is 0.465 e. The Kier molecular flexibility index (Phi) is 8.18. The van der Waals surface area contributed by atoms with Gasteiger partial charge in [-0.1, -0.05) is 0 Å². The maximum absolute atomic E-state index is 11.0. The molecule has 0 amide bonds. The molecule has 0 aromatic heterocycles. The predicted octanol–water partition coefficient (Wildman–Crippen LogP) is 0.604. The van der Waals surface area contributed by atoms with Gasteiger partial charge in [0.25, 0.3) is 0 Å². The van der Waals surface area contributed by atoms with E-state index in [0.717, 1.165) is 0 Å². The highest BCUT2D eigenvalue weighted by Gasteiger charge is 2.13. The smallest absolute Gasteiger partial charge is 0.323 e. The van der Waals surface area contributed by atoms with E-state index in [1.807, 2.05) is 6.92 Å². The third-order valence-electron chi connectivity index (χ3n) is 1.26. The van der Waals surface area contributed by atoms with E-state index in [2.05, 4.69) is 0 Å². The molecule has 0 heterocycles. The molecule has 0 saturated carbocycles. The lowest BCUT2D eigenvalue weighted by Gasteiger charge is -2.09. The van der Waals surface area contributed by atoms with E-state index < -0.39 is 6.04 Å². The predicted molar refractivity (Wildman–Crippen MR) is 53.6 cm³/mol. The molecule has 1 atom stereocenters. The van der Waals surface area contributed by atoms with Gasteiger partial charge in [-0.3, -0.25) is 4.79 Å². The van der Waals surface area contributed by atoms with Gasteiger partial charge in [0.15, 0.2) is 0 Å². The maximum Gasteiger partial charge on any atom is 0.323 e. The van der Waals surface area contributed by atoms with Gasteiger partial charge in [-0.25, -0.2) is 0 Å². The van der Waals surface area contributed by atoms with E-state index in [0.29, 0.717) is 24.9 Å². The van der Waals surface area contributed by atoms with E-state index in [1.165, 1.54) is 11.8 Å². The van der Waals surface area contributed by atoms with E-state index >= 15 is 0 Å². The minimum absolute atomic E-state index is 0.341. The highest BCUT2D eigenvalue weighted by atomic mass is 32.2. The van der Waals surface area contributed by atoms with Crippen molar-refractivity contribution in [1.29, 1.82) is 0 Å². The molecule has 78 valence electrons. The van der Waals surface area contributed by atoms with Crippen molar-refractivity contribution in [3.05, 3.63) is 0 Å². The van der Waals surface area contributed by atoms with Crippen LogP contribution in [0.1, 0.15) is 13.8 Å². The van der Waals surface area contributed by atoms with Crippen LogP contribution in [0.4, 0.5) is 0 Å². The minimum atomic E-state index is -0.537. The van der Waals surface area contributed by atoms with Crippen LogP contribution >= 0.6 is 11.8 Å². The summed E-state index contributed by atoms with van der Waals surface area (Å²) in [4.78, 5) is 11.0. The normalized spacial score (nSPS) is 12.5. The summed E-state index contributed by atoms with van der Waals surface area (Å²) in [5, 5.41) is 0. The van der Waals surface area contributed by atoms with Crippen LogP contribution in [0.25, 0.3) is 0 Å². The summed E-state index contributed by atoms with van der Waals surface area (Å²) in [5.74, 6) is 0.772. The summed E-state index contributed by atoms with van der Waals surface area (Å²) in [7, 11) is 0. The summed E-state index contributed by atoms with van der Waals surface area (Å²) in [6, 6.07) is -0.537. The summed E-state index contributed by atoms with van der Waals surface area (Å²) in [6.45, 7) is 4.74. The zero-order chi connectivity index (χ0) is 10.1. The van der Waals surface area contributed by atoms with Crippen molar-refractivity contribution >= 4 is 17.7 Å². The molecule has 0 rings (SSSR count). The Morgan fingerprint density at radius 2 is 2.15 bits per heavy atom. The van der Waals surface area contributed by atoms with Gasteiger partial charge in [0, 0.05) is 12.4 Å². The number of thioether (sulfide) groups is 1.